The molecule has 0 saturated carbocycles. The van der Waals surface area contributed by atoms with E-state index in [1.165, 1.54) is 12.5 Å². The van der Waals surface area contributed by atoms with E-state index in [1.807, 2.05) is 20.8 Å². The number of ether oxygens (including phenoxy) is 2. The third kappa shape index (κ3) is 6.00. The number of piperidine rings is 1. The third-order valence-electron chi connectivity index (χ3n) is 4.31. The molecule has 3 rings (SSSR count). The standard InChI is InChI=1S/C20H26FN5O3/c1-13-9-14(11-22-18(13)21)25-16-10-17(24-12-23-16)28-15-5-7-26(8-6-15)19(27)29-20(2,3)4/h9-12,15H,5-8H2,1-4H3,(H,23,24,25). The lowest BCUT2D eigenvalue weighted by Gasteiger charge is -2.33. The van der Waals surface area contributed by atoms with Gasteiger partial charge in [0, 0.05) is 37.6 Å². The minimum Gasteiger partial charge on any atom is -0.474 e. The van der Waals surface area contributed by atoms with Crippen LogP contribution in [0.25, 0.3) is 0 Å². The molecule has 0 spiro atoms. The van der Waals surface area contributed by atoms with Crippen molar-refractivity contribution < 1.29 is 18.7 Å². The number of aryl methyl sites for hydroxylation is 1. The highest BCUT2D eigenvalue weighted by Gasteiger charge is 2.27. The van der Waals surface area contributed by atoms with E-state index in [-0.39, 0.29) is 12.2 Å². The number of nitrogens with one attached hydrogen (secondary N) is 1. The van der Waals surface area contributed by atoms with E-state index >= 15 is 0 Å². The molecule has 1 aliphatic heterocycles. The van der Waals surface area contributed by atoms with Gasteiger partial charge in [-0.25, -0.2) is 19.7 Å². The number of carbonyl (C=O) groups excluding carboxylic acids is 1. The highest BCUT2D eigenvalue weighted by molar-refractivity contribution is 5.68. The van der Waals surface area contributed by atoms with Gasteiger partial charge in [-0.05, 0) is 33.8 Å². The number of amides is 1. The summed E-state index contributed by atoms with van der Waals surface area (Å²) >= 11 is 0. The molecular formula is C20H26FN5O3. The normalized spacial score (nSPS) is 15.1. The summed E-state index contributed by atoms with van der Waals surface area (Å²) in [6.45, 7) is 8.33. The molecule has 0 radical (unpaired) electrons. The van der Waals surface area contributed by atoms with E-state index in [0.717, 1.165) is 0 Å². The highest BCUT2D eigenvalue weighted by atomic mass is 19.1. The van der Waals surface area contributed by atoms with Crippen LogP contribution in [0.3, 0.4) is 0 Å². The van der Waals surface area contributed by atoms with Crippen LogP contribution in [0.1, 0.15) is 39.2 Å². The number of hydrogen-bond acceptors (Lipinski definition) is 7. The Balaban J connectivity index is 1.54. The number of aromatic nitrogens is 3. The SMILES string of the molecule is Cc1cc(Nc2cc(OC3CCN(C(=O)OC(C)(C)C)CC3)ncn2)cnc1F. The van der Waals surface area contributed by atoms with Crippen LogP contribution >= 0.6 is 0 Å². The van der Waals surface area contributed by atoms with Crippen LogP contribution in [-0.2, 0) is 4.74 Å². The first-order chi connectivity index (χ1) is 13.7. The molecule has 3 heterocycles. The number of halogens is 1. The van der Waals surface area contributed by atoms with Gasteiger partial charge in [-0.1, -0.05) is 0 Å². The largest absolute Gasteiger partial charge is 0.474 e. The topological polar surface area (TPSA) is 89.5 Å². The lowest BCUT2D eigenvalue weighted by atomic mass is 10.1. The second kappa shape index (κ2) is 8.59. The molecule has 0 aromatic carbocycles. The molecule has 9 heteroatoms. The average Bonchev–Trinajstić information content (AvgIpc) is 2.64. The summed E-state index contributed by atoms with van der Waals surface area (Å²) in [5.74, 6) is 0.457. The molecule has 8 nitrogen and oxygen atoms in total. The maximum absolute atomic E-state index is 13.3. The van der Waals surface area contributed by atoms with Gasteiger partial charge in [-0.3, -0.25) is 0 Å². The molecule has 2 aromatic rings. The molecule has 156 valence electrons. The average molecular weight is 403 g/mol. The molecule has 1 fully saturated rings. The van der Waals surface area contributed by atoms with Gasteiger partial charge >= 0.3 is 6.09 Å². The minimum absolute atomic E-state index is 0.0498. The Morgan fingerprint density at radius 2 is 1.93 bits per heavy atom. The van der Waals surface area contributed by atoms with Crippen molar-refractivity contribution >= 4 is 17.6 Å². The molecule has 1 amide bonds. The van der Waals surface area contributed by atoms with Crippen LogP contribution in [0.5, 0.6) is 5.88 Å². The zero-order valence-corrected chi connectivity index (χ0v) is 17.1. The van der Waals surface area contributed by atoms with Gasteiger partial charge in [0.25, 0.3) is 0 Å². The smallest absolute Gasteiger partial charge is 0.410 e. The first-order valence-corrected chi connectivity index (χ1v) is 9.55. The van der Waals surface area contributed by atoms with E-state index in [1.54, 1.807) is 24.0 Å². The number of carbonyl (C=O) groups is 1. The molecule has 0 unspecified atom stereocenters. The Kier molecular flexibility index (Phi) is 6.14. The fourth-order valence-electron chi connectivity index (χ4n) is 2.90. The van der Waals surface area contributed by atoms with Crippen molar-refractivity contribution in [3.63, 3.8) is 0 Å². The number of pyridine rings is 1. The Morgan fingerprint density at radius 3 is 2.59 bits per heavy atom. The van der Waals surface area contributed by atoms with Gasteiger partial charge in [0.15, 0.2) is 0 Å². The predicted molar refractivity (Wildman–Crippen MR) is 106 cm³/mol. The Labute approximate surface area is 169 Å². The van der Waals surface area contributed by atoms with E-state index in [9.17, 15) is 9.18 Å². The highest BCUT2D eigenvalue weighted by Crippen LogP contribution is 2.22. The summed E-state index contributed by atoms with van der Waals surface area (Å²) in [6.07, 6.45) is 3.83. The van der Waals surface area contributed by atoms with E-state index in [2.05, 4.69) is 20.3 Å². The van der Waals surface area contributed by atoms with Crippen LogP contribution in [-0.4, -0.2) is 50.7 Å². The Hall–Kier alpha value is -2.97. The number of nitrogens with zero attached hydrogens (tertiary/aromatic N) is 4. The van der Waals surface area contributed by atoms with Gasteiger partial charge in [-0.15, -0.1) is 0 Å². The van der Waals surface area contributed by atoms with Gasteiger partial charge in [0.05, 0.1) is 11.9 Å². The van der Waals surface area contributed by atoms with E-state index in [0.29, 0.717) is 48.9 Å². The van der Waals surface area contributed by atoms with Crippen molar-refractivity contribution in [3.05, 3.63) is 36.2 Å². The summed E-state index contributed by atoms with van der Waals surface area (Å²) < 4.78 is 24.7. The van der Waals surface area contributed by atoms with Crippen LogP contribution in [0.2, 0.25) is 0 Å². The van der Waals surface area contributed by atoms with Crippen LogP contribution < -0.4 is 10.1 Å². The molecular weight excluding hydrogens is 377 g/mol. The third-order valence-corrected chi connectivity index (χ3v) is 4.31. The summed E-state index contributed by atoms with van der Waals surface area (Å²) in [7, 11) is 0. The predicted octanol–water partition coefficient (Wildman–Crippen LogP) is 3.84. The fourth-order valence-corrected chi connectivity index (χ4v) is 2.90. The summed E-state index contributed by atoms with van der Waals surface area (Å²) in [5.41, 5.74) is 0.560. The first-order valence-electron chi connectivity index (χ1n) is 9.55. The van der Waals surface area contributed by atoms with Crippen molar-refractivity contribution in [3.8, 4) is 5.88 Å². The first kappa shape index (κ1) is 20.8. The van der Waals surface area contributed by atoms with Gasteiger partial charge in [0.1, 0.15) is 23.9 Å². The number of rotatable bonds is 4. The van der Waals surface area contributed by atoms with Crippen molar-refractivity contribution in [2.75, 3.05) is 18.4 Å². The quantitative estimate of drug-likeness (QED) is 0.776. The van der Waals surface area contributed by atoms with Gasteiger partial charge < -0.3 is 19.7 Å². The monoisotopic (exact) mass is 403 g/mol. The van der Waals surface area contributed by atoms with Crippen LogP contribution in [0.4, 0.5) is 20.7 Å². The fraction of sp³-hybridized carbons (Fsp3) is 0.500. The summed E-state index contributed by atoms with van der Waals surface area (Å²) in [6, 6.07) is 3.33. The molecule has 1 aliphatic rings. The van der Waals surface area contributed by atoms with Gasteiger partial charge in [-0.2, -0.15) is 4.39 Å². The molecule has 1 N–H and O–H groups in total. The lowest BCUT2D eigenvalue weighted by molar-refractivity contribution is 0.0123. The maximum atomic E-state index is 13.3. The Morgan fingerprint density at radius 1 is 1.21 bits per heavy atom. The van der Waals surface area contributed by atoms with Gasteiger partial charge in [0.2, 0.25) is 11.8 Å². The van der Waals surface area contributed by atoms with E-state index < -0.39 is 11.5 Å². The van der Waals surface area contributed by atoms with Crippen molar-refractivity contribution in [1.82, 2.24) is 19.9 Å². The second-order valence-corrected chi connectivity index (χ2v) is 7.98. The molecule has 29 heavy (non-hydrogen) atoms. The minimum atomic E-state index is -0.507. The van der Waals surface area contributed by atoms with Crippen molar-refractivity contribution in [1.29, 1.82) is 0 Å². The summed E-state index contributed by atoms with van der Waals surface area (Å²) in [5, 5.41) is 3.06. The molecule has 1 saturated heterocycles. The lowest BCUT2D eigenvalue weighted by Crippen LogP contribution is -2.44. The van der Waals surface area contributed by atoms with E-state index in [4.69, 9.17) is 9.47 Å². The second-order valence-electron chi connectivity index (χ2n) is 7.98. The molecule has 0 bridgehead atoms. The van der Waals surface area contributed by atoms with Crippen molar-refractivity contribution in [2.45, 2.75) is 52.2 Å². The number of likely N-dealkylation sites (tertiary alicyclic amines) is 1. The maximum Gasteiger partial charge on any atom is 0.410 e. The van der Waals surface area contributed by atoms with Crippen LogP contribution in [0, 0.1) is 12.9 Å². The Bertz CT molecular complexity index is 863. The zero-order chi connectivity index (χ0) is 21.0. The molecule has 0 aliphatic carbocycles. The van der Waals surface area contributed by atoms with Crippen molar-refractivity contribution in [2.24, 2.45) is 0 Å². The number of anilines is 2. The molecule has 0 atom stereocenters. The number of hydrogen-bond donors (Lipinski definition) is 1. The molecule has 2 aromatic heterocycles. The van der Waals surface area contributed by atoms with Crippen LogP contribution in [0.15, 0.2) is 24.7 Å². The summed E-state index contributed by atoms with van der Waals surface area (Å²) in [4.78, 5) is 25.8. The zero-order valence-electron chi connectivity index (χ0n) is 17.1.